The van der Waals surface area contributed by atoms with Gasteiger partial charge in [0.05, 0.1) is 13.7 Å². The first-order valence-electron chi connectivity index (χ1n) is 11.2. The molecular weight excluding hydrogens is 569 g/mol. The van der Waals surface area contributed by atoms with Crippen molar-refractivity contribution in [3.05, 3.63) is 97.9 Å². The van der Waals surface area contributed by atoms with E-state index < -0.39 is 17.6 Å². The largest absolute Gasteiger partial charge is 0.494 e. The molecule has 0 spiro atoms. The summed E-state index contributed by atoms with van der Waals surface area (Å²) in [7, 11) is 1.33. The van der Waals surface area contributed by atoms with Crippen molar-refractivity contribution in [3.63, 3.8) is 0 Å². The summed E-state index contributed by atoms with van der Waals surface area (Å²) in [5.74, 6) is 0.396. The Morgan fingerprint density at radius 3 is 2.47 bits per heavy atom. The molecule has 1 aliphatic heterocycles. The summed E-state index contributed by atoms with van der Waals surface area (Å²) in [4.78, 5) is 18.3. The number of carbonyl (C=O) groups is 1. The van der Waals surface area contributed by atoms with Crippen LogP contribution in [0.2, 0.25) is 10.0 Å². The minimum atomic E-state index is -1.42. The molecule has 3 aromatic rings. The Balaban J connectivity index is 1.77. The number of nitrogens with zero attached hydrogens (tertiary/aromatic N) is 1. The second-order valence-electron chi connectivity index (χ2n) is 8.25. The molecule has 0 radical (unpaired) electrons. The van der Waals surface area contributed by atoms with Crippen LogP contribution in [0.5, 0.6) is 5.75 Å². The van der Waals surface area contributed by atoms with Gasteiger partial charge in [0.1, 0.15) is 5.75 Å². The van der Waals surface area contributed by atoms with E-state index in [0.29, 0.717) is 39.9 Å². The van der Waals surface area contributed by atoms with E-state index in [0.717, 1.165) is 10.0 Å². The molecule has 0 unspecified atom stereocenters. The minimum absolute atomic E-state index is 0.0609. The molecular formula is C27H24BrCl2NO5. The van der Waals surface area contributed by atoms with Crippen LogP contribution in [0, 0.1) is 0 Å². The number of esters is 1. The third kappa shape index (κ3) is 5.70. The van der Waals surface area contributed by atoms with Crippen LogP contribution >= 0.6 is 39.1 Å². The van der Waals surface area contributed by atoms with E-state index >= 15 is 0 Å². The number of ether oxygens (including phenoxy) is 3. The van der Waals surface area contributed by atoms with Crippen molar-refractivity contribution in [1.82, 2.24) is 0 Å². The maximum Gasteiger partial charge on any atom is 0.338 e. The van der Waals surface area contributed by atoms with Crippen LogP contribution in [0.3, 0.4) is 0 Å². The van der Waals surface area contributed by atoms with Gasteiger partial charge in [-0.2, -0.15) is 0 Å². The molecule has 6 nitrogen and oxygen atoms in total. The molecule has 2 atom stereocenters. The average molecular weight is 593 g/mol. The van der Waals surface area contributed by atoms with E-state index in [1.165, 1.54) is 7.11 Å². The molecule has 0 saturated heterocycles. The Kier molecular flexibility index (Phi) is 8.57. The van der Waals surface area contributed by atoms with Gasteiger partial charge in [-0.25, -0.2) is 9.79 Å². The van der Waals surface area contributed by atoms with Gasteiger partial charge in [0, 0.05) is 45.1 Å². The number of benzene rings is 3. The summed E-state index contributed by atoms with van der Waals surface area (Å²) in [6.07, 6.45) is -0.0878. The van der Waals surface area contributed by atoms with Crippen LogP contribution in [-0.2, 0) is 20.7 Å². The predicted molar refractivity (Wildman–Crippen MR) is 143 cm³/mol. The Bertz CT molecular complexity index is 1250. The summed E-state index contributed by atoms with van der Waals surface area (Å²) < 4.78 is 18.2. The second-order valence-corrected chi connectivity index (χ2v) is 10.0. The van der Waals surface area contributed by atoms with Gasteiger partial charge in [-0.1, -0.05) is 57.3 Å². The molecule has 1 N–H and O–H groups in total. The molecule has 1 aliphatic rings. The van der Waals surface area contributed by atoms with Gasteiger partial charge in [0.15, 0.2) is 6.10 Å². The monoisotopic (exact) mass is 591 g/mol. The molecule has 0 aromatic heterocycles. The number of rotatable bonds is 9. The average Bonchev–Trinajstić information content (AvgIpc) is 3.25. The van der Waals surface area contributed by atoms with Crippen LogP contribution in [0.1, 0.15) is 29.2 Å². The van der Waals surface area contributed by atoms with Gasteiger partial charge in [-0.15, -0.1) is 0 Å². The van der Waals surface area contributed by atoms with Crippen molar-refractivity contribution in [2.45, 2.75) is 24.5 Å². The van der Waals surface area contributed by atoms with Gasteiger partial charge in [0.25, 0.3) is 0 Å². The highest BCUT2D eigenvalue weighted by atomic mass is 79.9. The lowest BCUT2D eigenvalue weighted by Gasteiger charge is -2.29. The fourth-order valence-corrected chi connectivity index (χ4v) is 4.81. The Hall–Kier alpha value is -2.58. The highest BCUT2D eigenvalue weighted by Crippen LogP contribution is 2.45. The fourth-order valence-electron chi connectivity index (χ4n) is 4.04. The summed E-state index contributed by atoms with van der Waals surface area (Å²) in [6.45, 7) is 0.467. The number of hydrogen-bond donors (Lipinski definition) is 1. The van der Waals surface area contributed by atoms with Crippen molar-refractivity contribution in [1.29, 1.82) is 0 Å². The SMILES string of the molecule is COC(=O)[C@]1(Cc2ccc(Br)cc2)N=C(c2ccc(OCCCO)cc2)O[C@@H]1c1ccc(Cl)cc1Cl. The lowest BCUT2D eigenvalue weighted by Crippen LogP contribution is -2.44. The van der Waals surface area contributed by atoms with E-state index in [-0.39, 0.29) is 18.9 Å². The first-order valence-corrected chi connectivity index (χ1v) is 12.8. The predicted octanol–water partition coefficient (Wildman–Crippen LogP) is 6.19. The molecule has 3 aromatic carbocycles. The number of methoxy groups -OCH3 is 1. The van der Waals surface area contributed by atoms with E-state index in [2.05, 4.69) is 15.9 Å². The maximum atomic E-state index is 13.4. The standard InChI is InChI=1S/C27H24BrCl2NO5/c1-34-26(33)27(16-17-3-7-19(28)8-4-17)24(22-12-9-20(29)15-23(22)30)36-25(31-27)18-5-10-21(11-6-18)35-14-2-13-32/h3-12,15,24,32H,2,13-14,16H2,1H3/t24-,27-/m1/s1. The third-order valence-corrected chi connectivity index (χ3v) is 6.90. The van der Waals surface area contributed by atoms with Crippen LogP contribution < -0.4 is 4.74 Å². The van der Waals surface area contributed by atoms with Gasteiger partial charge < -0.3 is 19.3 Å². The molecule has 36 heavy (non-hydrogen) atoms. The number of hydrogen-bond acceptors (Lipinski definition) is 6. The number of aliphatic hydroxyl groups is 1. The fraction of sp³-hybridized carbons (Fsp3) is 0.259. The van der Waals surface area contributed by atoms with Gasteiger partial charge in [0.2, 0.25) is 11.4 Å². The number of aliphatic imine (C=N–C) groups is 1. The van der Waals surface area contributed by atoms with Gasteiger partial charge >= 0.3 is 5.97 Å². The summed E-state index contributed by atoms with van der Waals surface area (Å²) >= 11 is 16.2. The Morgan fingerprint density at radius 1 is 1.11 bits per heavy atom. The highest BCUT2D eigenvalue weighted by molar-refractivity contribution is 9.10. The van der Waals surface area contributed by atoms with Gasteiger partial charge in [-0.05, 0) is 54.1 Å². The van der Waals surface area contributed by atoms with Crippen LogP contribution in [-0.4, -0.2) is 42.8 Å². The Morgan fingerprint density at radius 2 is 1.83 bits per heavy atom. The van der Waals surface area contributed by atoms with Crippen LogP contribution in [0.4, 0.5) is 0 Å². The summed E-state index contributed by atoms with van der Waals surface area (Å²) in [5.41, 5.74) is 0.693. The lowest BCUT2D eigenvalue weighted by atomic mass is 9.83. The van der Waals surface area contributed by atoms with Crippen molar-refractivity contribution in [2.75, 3.05) is 20.3 Å². The smallest absolute Gasteiger partial charge is 0.338 e. The van der Waals surface area contributed by atoms with E-state index in [4.69, 9.17) is 47.5 Å². The number of carbonyl (C=O) groups excluding carboxylic acids is 1. The topological polar surface area (TPSA) is 77.4 Å². The van der Waals surface area contributed by atoms with Crippen molar-refractivity contribution in [3.8, 4) is 5.75 Å². The number of halogens is 3. The molecule has 1 heterocycles. The zero-order chi connectivity index (χ0) is 25.7. The minimum Gasteiger partial charge on any atom is -0.494 e. The normalized spacial score (nSPS) is 18.9. The van der Waals surface area contributed by atoms with E-state index in [1.54, 1.807) is 42.5 Å². The molecule has 0 aliphatic carbocycles. The van der Waals surface area contributed by atoms with Crippen molar-refractivity contribution in [2.24, 2.45) is 4.99 Å². The first-order chi connectivity index (χ1) is 17.4. The van der Waals surface area contributed by atoms with E-state index in [1.807, 2.05) is 24.3 Å². The van der Waals surface area contributed by atoms with Crippen LogP contribution in [0.25, 0.3) is 0 Å². The Labute approximate surface area is 227 Å². The zero-order valence-corrected chi connectivity index (χ0v) is 22.5. The summed E-state index contributed by atoms with van der Waals surface area (Å²) in [5, 5.41) is 9.78. The molecule has 9 heteroatoms. The zero-order valence-electron chi connectivity index (χ0n) is 19.4. The van der Waals surface area contributed by atoms with Gasteiger partial charge in [-0.3, -0.25) is 0 Å². The lowest BCUT2D eigenvalue weighted by molar-refractivity contribution is -0.149. The van der Waals surface area contributed by atoms with E-state index in [9.17, 15) is 4.79 Å². The van der Waals surface area contributed by atoms with Crippen LogP contribution in [0.15, 0.2) is 76.2 Å². The molecule has 0 saturated carbocycles. The molecule has 0 amide bonds. The quantitative estimate of drug-likeness (QED) is 0.237. The second kappa shape index (κ2) is 11.6. The highest BCUT2D eigenvalue weighted by Gasteiger charge is 2.55. The molecule has 0 fully saturated rings. The maximum absolute atomic E-state index is 13.4. The molecule has 0 bridgehead atoms. The number of aliphatic hydroxyl groups excluding tert-OH is 1. The third-order valence-electron chi connectivity index (χ3n) is 5.81. The first kappa shape index (κ1) is 26.5. The summed E-state index contributed by atoms with van der Waals surface area (Å²) in [6, 6.07) is 19.9. The molecule has 188 valence electrons. The van der Waals surface area contributed by atoms with Crippen molar-refractivity contribution < 1.29 is 24.1 Å². The molecule has 4 rings (SSSR count). The van der Waals surface area contributed by atoms with Crippen molar-refractivity contribution >= 4 is 51.0 Å².